The van der Waals surface area contributed by atoms with Crippen LogP contribution in [0.5, 0.6) is 0 Å². The van der Waals surface area contributed by atoms with Gasteiger partial charge in [-0.05, 0) is 54.3 Å². The number of rotatable bonds is 5. The molecule has 2 amide bonds. The summed E-state index contributed by atoms with van der Waals surface area (Å²) in [6.45, 7) is 3.83. The summed E-state index contributed by atoms with van der Waals surface area (Å²) >= 11 is 6.23. The highest BCUT2D eigenvalue weighted by molar-refractivity contribution is 6.36. The Morgan fingerprint density at radius 3 is 2.31 bits per heavy atom. The minimum atomic E-state index is -1.06. The summed E-state index contributed by atoms with van der Waals surface area (Å²) in [4.78, 5) is 27.8. The molecule has 1 aliphatic heterocycles. The zero-order chi connectivity index (χ0) is 23.0. The van der Waals surface area contributed by atoms with Crippen molar-refractivity contribution < 1.29 is 18.4 Å². The first-order valence-electron chi connectivity index (χ1n) is 9.90. The fraction of sp³-hybridized carbons (Fsp3) is 0.120. The number of nitrogens with zero attached hydrogens (tertiary/aromatic N) is 1. The normalized spacial score (nSPS) is 13.8. The van der Waals surface area contributed by atoms with Crippen LogP contribution in [-0.4, -0.2) is 16.7 Å². The van der Waals surface area contributed by atoms with Gasteiger partial charge in [0, 0.05) is 16.8 Å². The van der Waals surface area contributed by atoms with Gasteiger partial charge in [0.1, 0.15) is 5.70 Å². The van der Waals surface area contributed by atoms with E-state index in [9.17, 15) is 18.4 Å². The molecule has 1 aliphatic rings. The lowest BCUT2D eigenvalue weighted by Crippen LogP contribution is -2.32. The molecule has 0 aliphatic carbocycles. The Bertz CT molecular complexity index is 1290. The third-order valence-electron chi connectivity index (χ3n) is 5.44. The maximum atomic E-state index is 13.7. The van der Waals surface area contributed by atoms with Crippen molar-refractivity contribution in [1.82, 2.24) is 4.90 Å². The molecular weight excluding hydrogens is 434 g/mol. The minimum Gasteiger partial charge on any atom is -0.350 e. The van der Waals surface area contributed by atoms with Gasteiger partial charge in [-0.25, -0.2) is 8.78 Å². The van der Waals surface area contributed by atoms with Crippen molar-refractivity contribution >= 4 is 34.7 Å². The fourth-order valence-corrected chi connectivity index (χ4v) is 3.71. The SMILES string of the molecule is Cc1ccc(C2=C(Nc3ccc(F)c(F)c3)C(=O)N(Cc3ccccc3Cl)C2=O)cc1C. The number of hydrogen-bond donors (Lipinski definition) is 1. The van der Waals surface area contributed by atoms with E-state index in [1.807, 2.05) is 26.0 Å². The van der Waals surface area contributed by atoms with Crippen LogP contribution in [0.3, 0.4) is 0 Å². The van der Waals surface area contributed by atoms with E-state index in [4.69, 9.17) is 11.6 Å². The number of carbonyl (C=O) groups is 2. The molecule has 0 aromatic heterocycles. The number of halogens is 3. The Labute approximate surface area is 189 Å². The van der Waals surface area contributed by atoms with Gasteiger partial charge in [-0.2, -0.15) is 0 Å². The maximum Gasteiger partial charge on any atom is 0.278 e. The van der Waals surface area contributed by atoms with Crippen LogP contribution in [0.15, 0.2) is 66.4 Å². The van der Waals surface area contributed by atoms with Crippen LogP contribution in [0.4, 0.5) is 14.5 Å². The van der Waals surface area contributed by atoms with Crippen LogP contribution in [-0.2, 0) is 16.1 Å². The molecular formula is C25H19ClF2N2O2. The van der Waals surface area contributed by atoms with E-state index >= 15 is 0 Å². The number of benzene rings is 3. The number of imide groups is 1. The van der Waals surface area contributed by atoms with Gasteiger partial charge in [-0.1, -0.05) is 48.0 Å². The zero-order valence-corrected chi connectivity index (χ0v) is 18.1. The van der Waals surface area contributed by atoms with Crippen LogP contribution in [0.25, 0.3) is 5.57 Å². The van der Waals surface area contributed by atoms with E-state index < -0.39 is 23.4 Å². The van der Waals surface area contributed by atoms with Gasteiger partial charge < -0.3 is 5.32 Å². The second kappa shape index (κ2) is 8.55. The molecule has 0 spiro atoms. The Morgan fingerprint density at radius 1 is 0.875 bits per heavy atom. The molecule has 7 heteroatoms. The van der Waals surface area contributed by atoms with E-state index in [0.717, 1.165) is 28.2 Å². The molecule has 3 aromatic rings. The number of anilines is 1. The van der Waals surface area contributed by atoms with Crippen LogP contribution in [0.2, 0.25) is 5.02 Å². The van der Waals surface area contributed by atoms with Crippen LogP contribution in [0.1, 0.15) is 22.3 Å². The number of amides is 2. The van der Waals surface area contributed by atoms with Gasteiger partial charge in [0.15, 0.2) is 11.6 Å². The van der Waals surface area contributed by atoms with Gasteiger partial charge in [0.2, 0.25) is 0 Å². The van der Waals surface area contributed by atoms with E-state index in [2.05, 4.69) is 5.32 Å². The topological polar surface area (TPSA) is 49.4 Å². The highest BCUT2D eigenvalue weighted by Gasteiger charge is 2.39. The molecule has 162 valence electrons. The van der Waals surface area contributed by atoms with E-state index in [1.54, 1.807) is 30.3 Å². The molecule has 0 saturated heterocycles. The van der Waals surface area contributed by atoms with E-state index in [0.29, 0.717) is 16.1 Å². The average molecular weight is 453 g/mol. The van der Waals surface area contributed by atoms with E-state index in [-0.39, 0.29) is 23.5 Å². The van der Waals surface area contributed by atoms with Crippen molar-refractivity contribution in [2.45, 2.75) is 20.4 Å². The van der Waals surface area contributed by atoms with Crippen LogP contribution >= 0.6 is 11.6 Å². The first-order chi connectivity index (χ1) is 15.3. The largest absolute Gasteiger partial charge is 0.350 e. The summed E-state index contributed by atoms with van der Waals surface area (Å²) in [5.41, 5.74) is 3.47. The van der Waals surface area contributed by atoms with Crippen molar-refractivity contribution in [2.24, 2.45) is 0 Å². The third-order valence-corrected chi connectivity index (χ3v) is 5.81. The number of hydrogen-bond acceptors (Lipinski definition) is 3. The average Bonchev–Trinajstić information content (AvgIpc) is 2.98. The molecule has 32 heavy (non-hydrogen) atoms. The molecule has 4 nitrogen and oxygen atoms in total. The quantitative estimate of drug-likeness (QED) is 0.510. The Kier molecular flexibility index (Phi) is 5.80. The van der Waals surface area contributed by atoms with Gasteiger partial charge in [-0.3, -0.25) is 14.5 Å². The van der Waals surface area contributed by atoms with Crippen LogP contribution < -0.4 is 5.32 Å². The fourth-order valence-electron chi connectivity index (χ4n) is 3.52. The molecule has 1 N–H and O–H groups in total. The molecule has 4 rings (SSSR count). The van der Waals surface area contributed by atoms with Crippen molar-refractivity contribution in [3.8, 4) is 0 Å². The molecule has 0 fully saturated rings. The lowest BCUT2D eigenvalue weighted by Gasteiger charge is -2.16. The number of aryl methyl sites for hydroxylation is 2. The molecule has 0 atom stereocenters. The molecule has 3 aromatic carbocycles. The summed E-state index contributed by atoms with van der Waals surface area (Å²) in [6, 6.07) is 15.6. The first-order valence-corrected chi connectivity index (χ1v) is 10.3. The van der Waals surface area contributed by atoms with Crippen molar-refractivity contribution in [2.75, 3.05) is 5.32 Å². The van der Waals surface area contributed by atoms with Crippen molar-refractivity contribution in [3.05, 3.63) is 105 Å². The lowest BCUT2D eigenvalue weighted by molar-refractivity contribution is -0.137. The molecule has 0 radical (unpaired) electrons. The lowest BCUT2D eigenvalue weighted by atomic mass is 9.99. The predicted molar refractivity (Wildman–Crippen MR) is 120 cm³/mol. The highest BCUT2D eigenvalue weighted by Crippen LogP contribution is 2.33. The number of carbonyl (C=O) groups excluding carboxylic acids is 2. The second-order valence-corrected chi connectivity index (χ2v) is 8.00. The van der Waals surface area contributed by atoms with Crippen molar-refractivity contribution in [1.29, 1.82) is 0 Å². The molecule has 0 unspecified atom stereocenters. The predicted octanol–water partition coefficient (Wildman–Crippen LogP) is 5.63. The molecule has 0 bridgehead atoms. The third kappa shape index (κ3) is 4.01. The van der Waals surface area contributed by atoms with E-state index in [1.165, 1.54) is 6.07 Å². The molecule has 0 saturated carbocycles. The summed E-state index contributed by atoms with van der Waals surface area (Å²) in [6.07, 6.45) is 0. The maximum absolute atomic E-state index is 13.7. The highest BCUT2D eigenvalue weighted by atomic mass is 35.5. The summed E-state index contributed by atoms with van der Waals surface area (Å²) in [5, 5.41) is 3.26. The van der Waals surface area contributed by atoms with Gasteiger partial charge in [0.25, 0.3) is 11.8 Å². The Hall–Kier alpha value is -3.51. The minimum absolute atomic E-state index is 0.00341. The summed E-state index contributed by atoms with van der Waals surface area (Å²) in [5.74, 6) is -3.14. The summed E-state index contributed by atoms with van der Waals surface area (Å²) < 4.78 is 27.1. The van der Waals surface area contributed by atoms with Crippen LogP contribution in [0, 0.1) is 25.5 Å². The standard InChI is InChI=1S/C25H19ClF2N2O2/c1-14-7-8-16(11-15(14)2)22-23(29-18-9-10-20(27)21(28)12-18)25(32)30(24(22)31)13-17-5-3-4-6-19(17)26/h3-12,29H,13H2,1-2H3. The Morgan fingerprint density at radius 2 is 1.62 bits per heavy atom. The smallest absolute Gasteiger partial charge is 0.278 e. The molecule has 1 heterocycles. The zero-order valence-electron chi connectivity index (χ0n) is 17.4. The first kappa shape index (κ1) is 21.7. The monoisotopic (exact) mass is 452 g/mol. The second-order valence-electron chi connectivity index (χ2n) is 7.59. The van der Waals surface area contributed by atoms with Crippen molar-refractivity contribution in [3.63, 3.8) is 0 Å². The summed E-state index contributed by atoms with van der Waals surface area (Å²) in [7, 11) is 0. The Balaban J connectivity index is 1.79. The van der Waals surface area contributed by atoms with Gasteiger partial charge in [-0.15, -0.1) is 0 Å². The van der Waals surface area contributed by atoms with Gasteiger partial charge in [0.05, 0.1) is 12.1 Å². The number of nitrogens with one attached hydrogen (secondary N) is 1. The van der Waals surface area contributed by atoms with Gasteiger partial charge >= 0.3 is 0 Å².